The highest BCUT2D eigenvalue weighted by Gasteiger charge is 2.65. The number of Topliss-reactive ketones (excluding diaryl/α,β-unsaturated/α-hetero) is 1. The van der Waals surface area contributed by atoms with E-state index < -0.39 is 15.4 Å². The van der Waals surface area contributed by atoms with E-state index in [0.29, 0.717) is 31.9 Å². The van der Waals surface area contributed by atoms with Gasteiger partial charge in [-0.15, -0.1) is 0 Å². The van der Waals surface area contributed by atoms with Crippen molar-refractivity contribution in [2.45, 2.75) is 52.2 Å². The molecule has 0 aromatic rings. The average Bonchev–Trinajstić information content (AvgIpc) is 2.81. The van der Waals surface area contributed by atoms with Crippen LogP contribution in [0.5, 0.6) is 0 Å². The van der Waals surface area contributed by atoms with Gasteiger partial charge < -0.3 is 10.5 Å². The van der Waals surface area contributed by atoms with Gasteiger partial charge in [0.05, 0.1) is 18.5 Å². The summed E-state index contributed by atoms with van der Waals surface area (Å²) in [5.74, 6) is 0.402. The standard InChI is InChI=1S/C16H28N2O4S/c1-11(17)13-9-18(6-7-22-13)23(20,21)10-16-5-4-12(8-14(16)19)15(16,2)3/h11-13H,4-10,17H2,1-3H3/t11-,12-,13-,16-/m0/s1. The molecule has 2 aliphatic carbocycles. The van der Waals surface area contributed by atoms with Crippen LogP contribution in [-0.2, 0) is 19.6 Å². The summed E-state index contributed by atoms with van der Waals surface area (Å²) in [6.07, 6.45) is 1.91. The van der Waals surface area contributed by atoms with Gasteiger partial charge in [0.2, 0.25) is 10.0 Å². The molecule has 1 aliphatic heterocycles. The monoisotopic (exact) mass is 344 g/mol. The summed E-state index contributed by atoms with van der Waals surface area (Å²) in [5, 5.41) is 0. The van der Waals surface area contributed by atoms with Crippen LogP contribution in [0.25, 0.3) is 0 Å². The fourth-order valence-corrected chi connectivity index (χ4v) is 6.94. The van der Waals surface area contributed by atoms with Crippen molar-refractivity contribution in [1.82, 2.24) is 4.31 Å². The van der Waals surface area contributed by atoms with E-state index in [9.17, 15) is 13.2 Å². The molecular weight excluding hydrogens is 316 g/mol. The van der Waals surface area contributed by atoms with Crippen LogP contribution in [0.15, 0.2) is 0 Å². The number of ether oxygens (including phenoxy) is 1. The number of rotatable bonds is 4. The van der Waals surface area contributed by atoms with Crippen molar-refractivity contribution < 1.29 is 17.9 Å². The number of carbonyl (C=O) groups excluding carboxylic acids is 1. The molecule has 0 unspecified atom stereocenters. The summed E-state index contributed by atoms with van der Waals surface area (Å²) in [5.41, 5.74) is 4.92. The molecule has 3 fully saturated rings. The molecule has 0 radical (unpaired) electrons. The maximum absolute atomic E-state index is 13.0. The predicted octanol–water partition coefficient (Wildman–Crippen LogP) is 0.760. The van der Waals surface area contributed by atoms with Crippen LogP contribution in [0.1, 0.15) is 40.0 Å². The number of carbonyl (C=O) groups is 1. The van der Waals surface area contributed by atoms with Gasteiger partial charge in [0.1, 0.15) is 5.78 Å². The lowest BCUT2D eigenvalue weighted by atomic mass is 9.70. The zero-order valence-corrected chi connectivity index (χ0v) is 15.1. The van der Waals surface area contributed by atoms with Crippen LogP contribution < -0.4 is 5.73 Å². The summed E-state index contributed by atoms with van der Waals surface area (Å²) in [6.45, 7) is 6.95. The second kappa shape index (κ2) is 5.51. The summed E-state index contributed by atoms with van der Waals surface area (Å²) < 4.78 is 33.0. The molecule has 0 aromatic heterocycles. The van der Waals surface area contributed by atoms with Crippen molar-refractivity contribution in [3.63, 3.8) is 0 Å². The third-order valence-corrected chi connectivity index (χ3v) is 8.58. The van der Waals surface area contributed by atoms with Crippen molar-refractivity contribution in [2.24, 2.45) is 22.5 Å². The smallest absolute Gasteiger partial charge is 0.215 e. The molecule has 2 saturated carbocycles. The van der Waals surface area contributed by atoms with Gasteiger partial charge in [0, 0.05) is 31.0 Å². The quantitative estimate of drug-likeness (QED) is 0.813. The molecule has 1 saturated heterocycles. The lowest BCUT2D eigenvalue weighted by molar-refractivity contribution is -0.128. The van der Waals surface area contributed by atoms with Gasteiger partial charge in [0.25, 0.3) is 0 Å². The molecule has 132 valence electrons. The van der Waals surface area contributed by atoms with Crippen LogP contribution in [0.4, 0.5) is 0 Å². The maximum atomic E-state index is 13.0. The van der Waals surface area contributed by atoms with Crippen LogP contribution in [-0.4, -0.2) is 56.1 Å². The topological polar surface area (TPSA) is 89.7 Å². The molecule has 2 bridgehead atoms. The minimum atomic E-state index is -3.50. The molecule has 0 aromatic carbocycles. The third-order valence-electron chi connectivity index (χ3n) is 6.60. The number of fused-ring (bicyclic) bond motifs is 2. The highest BCUT2D eigenvalue weighted by atomic mass is 32.2. The first-order chi connectivity index (χ1) is 10.6. The predicted molar refractivity (Wildman–Crippen MR) is 87.3 cm³/mol. The number of ketones is 1. The first-order valence-corrected chi connectivity index (χ1v) is 10.1. The van der Waals surface area contributed by atoms with Gasteiger partial charge in [0.15, 0.2) is 0 Å². The fraction of sp³-hybridized carbons (Fsp3) is 0.938. The zero-order chi connectivity index (χ0) is 17.0. The molecule has 0 spiro atoms. The molecule has 3 rings (SSSR count). The Balaban J connectivity index is 1.83. The number of sulfonamides is 1. The first-order valence-electron chi connectivity index (χ1n) is 8.48. The number of nitrogens with two attached hydrogens (primary N) is 1. The Hall–Kier alpha value is -0.500. The van der Waals surface area contributed by atoms with Crippen LogP contribution in [0.2, 0.25) is 0 Å². The van der Waals surface area contributed by atoms with E-state index in [1.165, 1.54) is 4.31 Å². The Kier molecular flexibility index (Phi) is 4.15. The van der Waals surface area contributed by atoms with E-state index in [1.807, 2.05) is 6.92 Å². The maximum Gasteiger partial charge on any atom is 0.215 e. The Morgan fingerprint density at radius 3 is 2.65 bits per heavy atom. The van der Waals surface area contributed by atoms with E-state index in [4.69, 9.17) is 10.5 Å². The second-order valence-electron chi connectivity index (χ2n) is 8.05. The summed E-state index contributed by atoms with van der Waals surface area (Å²) in [7, 11) is -3.50. The minimum Gasteiger partial charge on any atom is -0.374 e. The van der Waals surface area contributed by atoms with Crippen LogP contribution >= 0.6 is 0 Å². The summed E-state index contributed by atoms with van der Waals surface area (Å²) >= 11 is 0. The summed E-state index contributed by atoms with van der Waals surface area (Å²) in [6, 6.07) is -0.216. The normalized spacial score (nSPS) is 38.9. The first kappa shape index (κ1) is 17.3. The fourth-order valence-electron chi connectivity index (χ4n) is 4.73. The molecule has 3 aliphatic rings. The Labute approximate surface area is 138 Å². The van der Waals surface area contributed by atoms with E-state index in [1.54, 1.807) is 0 Å². The lowest BCUT2D eigenvalue weighted by Crippen LogP contribution is -2.54. The Morgan fingerprint density at radius 2 is 2.13 bits per heavy atom. The van der Waals surface area contributed by atoms with Crippen molar-refractivity contribution in [3.05, 3.63) is 0 Å². The van der Waals surface area contributed by atoms with Gasteiger partial charge in [-0.25, -0.2) is 8.42 Å². The van der Waals surface area contributed by atoms with E-state index in [2.05, 4.69) is 13.8 Å². The van der Waals surface area contributed by atoms with Gasteiger partial charge >= 0.3 is 0 Å². The molecule has 6 nitrogen and oxygen atoms in total. The molecule has 23 heavy (non-hydrogen) atoms. The average molecular weight is 344 g/mol. The summed E-state index contributed by atoms with van der Waals surface area (Å²) in [4.78, 5) is 12.6. The van der Waals surface area contributed by atoms with E-state index in [-0.39, 0.29) is 35.6 Å². The highest BCUT2D eigenvalue weighted by Crippen LogP contribution is 2.64. The molecular formula is C16H28N2O4S. The molecule has 0 amide bonds. The Bertz CT molecular complexity index is 601. The molecule has 1 heterocycles. The number of hydrogen-bond donors (Lipinski definition) is 1. The van der Waals surface area contributed by atoms with Crippen molar-refractivity contribution >= 4 is 15.8 Å². The van der Waals surface area contributed by atoms with E-state index in [0.717, 1.165) is 6.42 Å². The number of morpholine rings is 1. The second-order valence-corrected chi connectivity index (χ2v) is 10.0. The molecule has 7 heteroatoms. The molecule has 4 atom stereocenters. The van der Waals surface area contributed by atoms with Crippen molar-refractivity contribution in [2.75, 3.05) is 25.4 Å². The zero-order valence-electron chi connectivity index (χ0n) is 14.2. The lowest BCUT2D eigenvalue weighted by Gasteiger charge is -2.39. The van der Waals surface area contributed by atoms with Gasteiger partial charge in [-0.1, -0.05) is 13.8 Å². The van der Waals surface area contributed by atoms with Crippen LogP contribution in [0.3, 0.4) is 0 Å². The van der Waals surface area contributed by atoms with Gasteiger partial charge in [-0.2, -0.15) is 4.31 Å². The molecule has 2 N–H and O–H groups in total. The van der Waals surface area contributed by atoms with Crippen molar-refractivity contribution in [1.29, 1.82) is 0 Å². The Morgan fingerprint density at radius 1 is 1.43 bits per heavy atom. The SMILES string of the molecule is C[C@H](N)[C@@H]1CN(S(=O)(=O)C[C@@]23CC[C@@H](CC2=O)C3(C)C)CCO1. The van der Waals surface area contributed by atoms with Crippen LogP contribution in [0, 0.1) is 16.7 Å². The highest BCUT2D eigenvalue weighted by molar-refractivity contribution is 7.89. The largest absolute Gasteiger partial charge is 0.374 e. The van der Waals surface area contributed by atoms with Crippen molar-refractivity contribution in [3.8, 4) is 0 Å². The third kappa shape index (κ3) is 2.56. The van der Waals surface area contributed by atoms with Gasteiger partial charge in [-0.05, 0) is 31.1 Å². The number of nitrogens with zero attached hydrogens (tertiary/aromatic N) is 1. The van der Waals surface area contributed by atoms with E-state index >= 15 is 0 Å². The van der Waals surface area contributed by atoms with Gasteiger partial charge in [-0.3, -0.25) is 4.79 Å². The minimum absolute atomic E-state index is 0.0615. The number of hydrogen-bond acceptors (Lipinski definition) is 5.